The Kier molecular flexibility index (Phi) is 5.64. The van der Waals surface area contributed by atoms with Gasteiger partial charge in [-0.15, -0.1) is 5.10 Å². The summed E-state index contributed by atoms with van der Waals surface area (Å²) in [5.41, 5.74) is 0.891. The lowest BCUT2D eigenvalue weighted by Gasteiger charge is -2.44. The van der Waals surface area contributed by atoms with E-state index < -0.39 is 5.54 Å². The number of amides is 2. The van der Waals surface area contributed by atoms with E-state index in [0.29, 0.717) is 25.2 Å². The number of benzene rings is 1. The fourth-order valence-electron chi connectivity index (χ4n) is 3.63. The van der Waals surface area contributed by atoms with Crippen LogP contribution in [0, 0.1) is 0 Å². The summed E-state index contributed by atoms with van der Waals surface area (Å²) in [4.78, 5) is 29.1. The van der Waals surface area contributed by atoms with Crippen LogP contribution in [0.3, 0.4) is 0 Å². The van der Waals surface area contributed by atoms with Crippen molar-refractivity contribution in [3.05, 3.63) is 35.7 Å². The standard InChI is InChI=1S/C21H29N5O3/c1-7-17-18(19(27)25-13-12-24(6)20(28)21(25,4)5)22-23-26(17)15-8-10-16(11-9-15)29-14(2)3/h8-11,14H,7,12-13H2,1-6H3. The lowest BCUT2D eigenvalue weighted by molar-refractivity contribution is -0.144. The summed E-state index contributed by atoms with van der Waals surface area (Å²) in [7, 11) is 1.76. The van der Waals surface area contributed by atoms with Crippen LogP contribution in [0.5, 0.6) is 5.75 Å². The van der Waals surface area contributed by atoms with Crippen LogP contribution < -0.4 is 4.74 Å². The molecule has 29 heavy (non-hydrogen) atoms. The molecule has 3 rings (SSSR count). The maximum atomic E-state index is 13.3. The van der Waals surface area contributed by atoms with Crippen molar-refractivity contribution in [1.82, 2.24) is 24.8 Å². The van der Waals surface area contributed by atoms with Crippen LogP contribution in [0.1, 0.15) is 50.8 Å². The van der Waals surface area contributed by atoms with Gasteiger partial charge in [-0.3, -0.25) is 9.59 Å². The zero-order valence-electron chi connectivity index (χ0n) is 18.0. The number of nitrogens with zero attached hydrogens (tertiary/aromatic N) is 5. The van der Waals surface area contributed by atoms with Crippen molar-refractivity contribution in [2.24, 2.45) is 0 Å². The molecule has 8 nitrogen and oxygen atoms in total. The molecule has 0 saturated carbocycles. The van der Waals surface area contributed by atoms with E-state index in [2.05, 4.69) is 10.3 Å². The summed E-state index contributed by atoms with van der Waals surface area (Å²) in [6.45, 7) is 10.4. The third kappa shape index (κ3) is 3.83. The quantitative estimate of drug-likeness (QED) is 0.771. The number of hydrogen-bond acceptors (Lipinski definition) is 5. The van der Waals surface area contributed by atoms with Gasteiger partial charge >= 0.3 is 0 Å². The van der Waals surface area contributed by atoms with Crippen LogP contribution in [-0.4, -0.2) is 68.4 Å². The number of piperazine rings is 1. The summed E-state index contributed by atoms with van der Waals surface area (Å²) in [6.07, 6.45) is 0.678. The number of carbonyl (C=O) groups excluding carboxylic acids is 2. The molecule has 2 amide bonds. The second kappa shape index (κ2) is 7.85. The Labute approximate surface area is 171 Å². The number of carbonyl (C=O) groups is 2. The molecule has 1 aliphatic rings. The van der Waals surface area contributed by atoms with Crippen molar-refractivity contribution in [1.29, 1.82) is 0 Å². The van der Waals surface area contributed by atoms with Gasteiger partial charge in [-0.05, 0) is 58.4 Å². The Morgan fingerprint density at radius 3 is 2.45 bits per heavy atom. The highest BCUT2D eigenvalue weighted by atomic mass is 16.5. The number of aromatic nitrogens is 3. The van der Waals surface area contributed by atoms with Gasteiger partial charge in [0.2, 0.25) is 5.91 Å². The van der Waals surface area contributed by atoms with Gasteiger partial charge in [0.05, 0.1) is 17.5 Å². The Hall–Kier alpha value is -2.90. The van der Waals surface area contributed by atoms with E-state index in [9.17, 15) is 9.59 Å². The van der Waals surface area contributed by atoms with Gasteiger partial charge in [-0.2, -0.15) is 0 Å². The topological polar surface area (TPSA) is 80.6 Å². The van der Waals surface area contributed by atoms with E-state index in [1.54, 1.807) is 35.4 Å². The molecule has 0 bridgehead atoms. The Bertz CT molecular complexity index is 902. The summed E-state index contributed by atoms with van der Waals surface area (Å²) in [5, 5.41) is 8.41. The maximum Gasteiger partial charge on any atom is 0.277 e. The number of hydrogen-bond donors (Lipinski definition) is 0. The highest BCUT2D eigenvalue weighted by molar-refractivity contribution is 5.99. The highest BCUT2D eigenvalue weighted by Crippen LogP contribution is 2.25. The minimum atomic E-state index is -0.922. The number of likely N-dealkylation sites (N-methyl/N-ethyl adjacent to an activating group) is 1. The van der Waals surface area contributed by atoms with E-state index in [1.807, 2.05) is 45.0 Å². The molecule has 0 atom stereocenters. The fraction of sp³-hybridized carbons (Fsp3) is 0.524. The molecule has 0 N–H and O–H groups in total. The van der Waals surface area contributed by atoms with Gasteiger partial charge in [0.25, 0.3) is 5.91 Å². The van der Waals surface area contributed by atoms with Crippen molar-refractivity contribution >= 4 is 11.8 Å². The van der Waals surface area contributed by atoms with E-state index >= 15 is 0 Å². The molecule has 156 valence electrons. The lowest BCUT2D eigenvalue weighted by atomic mass is 9.97. The molecule has 8 heteroatoms. The Balaban J connectivity index is 1.91. The van der Waals surface area contributed by atoms with Crippen LogP contribution in [0.2, 0.25) is 0 Å². The van der Waals surface area contributed by atoms with Crippen LogP contribution in [-0.2, 0) is 11.2 Å². The summed E-state index contributed by atoms with van der Waals surface area (Å²) < 4.78 is 7.36. The monoisotopic (exact) mass is 399 g/mol. The molecule has 1 aliphatic heterocycles. The first-order chi connectivity index (χ1) is 13.7. The van der Waals surface area contributed by atoms with Gasteiger partial charge in [-0.1, -0.05) is 12.1 Å². The Morgan fingerprint density at radius 1 is 1.21 bits per heavy atom. The van der Waals surface area contributed by atoms with Crippen molar-refractivity contribution < 1.29 is 14.3 Å². The first-order valence-corrected chi connectivity index (χ1v) is 9.96. The predicted molar refractivity (Wildman–Crippen MR) is 109 cm³/mol. The van der Waals surface area contributed by atoms with Crippen LogP contribution in [0.25, 0.3) is 5.69 Å². The normalized spacial score (nSPS) is 16.4. The molecule has 2 heterocycles. The summed E-state index contributed by atoms with van der Waals surface area (Å²) in [6, 6.07) is 7.53. The average molecular weight is 399 g/mol. The zero-order chi connectivity index (χ0) is 21.3. The first-order valence-electron chi connectivity index (χ1n) is 9.96. The third-order valence-corrected chi connectivity index (χ3v) is 5.20. The molecule has 0 spiro atoms. The van der Waals surface area contributed by atoms with Crippen molar-refractivity contribution in [2.45, 2.75) is 52.7 Å². The van der Waals surface area contributed by atoms with Gasteiger partial charge in [0.1, 0.15) is 11.3 Å². The van der Waals surface area contributed by atoms with Gasteiger partial charge in [-0.25, -0.2) is 4.68 Å². The Morgan fingerprint density at radius 2 is 1.86 bits per heavy atom. The molecule has 1 aromatic carbocycles. The lowest BCUT2D eigenvalue weighted by Crippen LogP contribution is -2.63. The van der Waals surface area contributed by atoms with Crippen LogP contribution >= 0.6 is 0 Å². The zero-order valence-corrected chi connectivity index (χ0v) is 18.0. The van der Waals surface area contributed by atoms with E-state index in [4.69, 9.17) is 4.74 Å². The minimum absolute atomic E-state index is 0.0803. The predicted octanol–water partition coefficient (Wildman–Crippen LogP) is 2.31. The molecular formula is C21H29N5O3. The van der Waals surface area contributed by atoms with Crippen molar-refractivity contribution in [2.75, 3.05) is 20.1 Å². The number of rotatable bonds is 5. The third-order valence-electron chi connectivity index (χ3n) is 5.20. The highest BCUT2D eigenvalue weighted by Gasteiger charge is 2.44. The SMILES string of the molecule is CCc1c(C(=O)N2CCN(C)C(=O)C2(C)C)nnn1-c1ccc(OC(C)C)cc1. The maximum absolute atomic E-state index is 13.3. The molecule has 0 unspecified atom stereocenters. The van der Waals surface area contributed by atoms with E-state index in [0.717, 1.165) is 17.1 Å². The molecule has 1 aromatic heterocycles. The van der Waals surface area contributed by atoms with Gasteiger partial charge < -0.3 is 14.5 Å². The number of ether oxygens (including phenoxy) is 1. The summed E-state index contributed by atoms with van der Waals surface area (Å²) in [5.74, 6) is 0.429. The smallest absolute Gasteiger partial charge is 0.277 e. The second-order valence-electron chi connectivity index (χ2n) is 8.05. The van der Waals surface area contributed by atoms with Crippen molar-refractivity contribution in [3.63, 3.8) is 0 Å². The molecule has 2 aromatic rings. The average Bonchev–Trinajstić information content (AvgIpc) is 3.10. The van der Waals surface area contributed by atoms with Crippen LogP contribution in [0.4, 0.5) is 0 Å². The molecular weight excluding hydrogens is 370 g/mol. The van der Waals surface area contributed by atoms with E-state index in [-0.39, 0.29) is 17.9 Å². The van der Waals surface area contributed by atoms with Gasteiger partial charge in [0, 0.05) is 20.1 Å². The first kappa shape index (κ1) is 20.8. The molecule has 0 aliphatic carbocycles. The minimum Gasteiger partial charge on any atom is -0.491 e. The largest absolute Gasteiger partial charge is 0.491 e. The molecule has 0 radical (unpaired) electrons. The van der Waals surface area contributed by atoms with E-state index in [1.165, 1.54) is 0 Å². The van der Waals surface area contributed by atoms with Gasteiger partial charge in [0.15, 0.2) is 5.69 Å². The van der Waals surface area contributed by atoms with Crippen LogP contribution in [0.15, 0.2) is 24.3 Å². The second-order valence-corrected chi connectivity index (χ2v) is 8.05. The van der Waals surface area contributed by atoms with Crippen molar-refractivity contribution in [3.8, 4) is 11.4 Å². The molecule has 1 fully saturated rings. The molecule has 1 saturated heterocycles. The summed E-state index contributed by atoms with van der Waals surface area (Å²) >= 11 is 0. The fourth-order valence-corrected chi connectivity index (χ4v) is 3.63.